The Balaban J connectivity index is 1.46. The molecule has 0 saturated carbocycles. The maximum Gasteiger partial charge on any atom is 0.573 e. The van der Waals surface area contributed by atoms with Crippen molar-refractivity contribution in [2.45, 2.75) is 26.1 Å². The van der Waals surface area contributed by atoms with Gasteiger partial charge in [-0.1, -0.05) is 24.3 Å². The van der Waals surface area contributed by atoms with Gasteiger partial charge >= 0.3 is 6.36 Å². The van der Waals surface area contributed by atoms with Gasteiger partial charge in [0.05, 0.1) is 0 Å². The molecule has 0 radical (unpaired) electrons. The quantitative estimate of drug-likeness (QED) is 0.661. The van der Waals surface area contributed by atoms with E-state index in [0.29, 0.717) is 44.6 Å². The maximum absolute atomic E-state index is 12.5. The number of rotatable bonds is 6. The van der Waals surface area contributed by atoms with E-state index in [1.54, 1.807) is 24.3 Å². The van der Waals surface area contributed by atoms with Crippen LogP contribution in [0, 0.1) is 0 Å². The molecule has 1 saturated heterocycles. The fraction of sp³-hybridized carbons (Fsp3) is 0.364. The van der Waals surface area contributed by atoms with Crippen molar-refractivity contribution < 1.29 is 27.5 Å². The molecule has 30 heavy (non-hydrogen) atoms. The Morgan fingerprint density at radius 1 is 0.933 bits per heavy atom. The molecule has 2 aromatic rings. The number of ether oxygens (including phenoxy) is 1. The number of hydrogen-bond acceptors (Lipinski definition) is 4. The zero-order valence-corrected chi connectivity index (χ0v) is 16.6. The summed E-state index contributed by atoms with van der Waals surface area (Å²) in [6.45, 7) is 3.85. The number of hydrogen-bond donors (Lipinski definition) is 0. The number of halogens is 3. The third-order valence-corrected chi connectivity index (χ3v) is 5.06. The van der Waals surface area contributed by atoms with Gasteiger partial charge in [-0.2, -0.15) is 0 Å². The molecule has 0 unspecified atom stereocenters. The molecule has 0 bridgehead atoms. The molecule has 2 aromatic carbocycles. The molecule has 1 heterocycles. The van der Waals surface area contributed by atoms with Crippen molar-refractivity contribution in [2.75, 3.05) is 31.1 Å². The molecule has 160 valence electrons. The van der Waals surface area contributed by atoms with E-state index >= 15 is 0 Å². The van der Waals surface area contributed by atoms with Crippen LogP contribution in [0.15, 0.2) is 48.5 Å². The van der Waals surface area contributed by atoms with Gasteiger partial charge in [0, 0.05) is 43.9 Å². The number of aryl methyl sites for hydroxylation is 1. The fourth-order valence-electron chi connectivity index (χ4n) is 3.39. The Labute approximate surface area is 173 Å². The number of benzene rings is 2. The first kappa shape index (κ1) is 21.7. The number of ketones is 1. The lowest BCUT2D eigenvalue weighted by atomic mass is 10.1. The number of piperazine rings is 1. The molecule has 1 aliphatic heterocycles. The van der Waals surface area contributed by atoms with Crippen molar-refractivity contribution in [3.8, 4) is 5.75 Å². The zero-order chi connectivity index (χ0) is 21.7. The smallest absolute Gasteiger partial charge is 0.406 e. The Kier molecular flexibility index (Phi) is 6.64. The molecule has 5 nitrogen and oxygen atoms in total. The number of anilines is 1. The first-order chi connectivity index (χ1) is 14.2. The number of amides is 1. The predicted octanol–water partition coefficient (Wildman–Crippen LogP) is 4.07. The van der Waals surface area contributed by atoms with Crippen LogP contribution in [0.25, 0.3) is 0 Å². The average molecular weight is 420 g/mol. The molecule has 0 N–H and O–H groups in total. The molecule has 8 heteroatoms. The van der Waals surface area contributed by atoms with Gasteiger partial charge in [0.25, 0.3) is 0 Å². The van der Waals surface area contributed by atoms with E-state index in [0.717, 1.165) is 11.3 Å². The van der Waals surface area contributed by atoms with Crippen molar-refractivity contribution in [3.63, 3.8) is 0 Å². The van der Waals surface area contributed by atoms with Gasteiger partial charge in [-0.05, 0) is 43.2 Å². The van der Waals surface area contributed by atoms with E-state index in [1.807, 2.05) is 21.9 Å². The van der Waals surface area contributed by atoms with E-state index in [9.17, 15) is 22.8 Å². The molecule has 0 spiro atoms. The average Bonchev–Trinajstić information content (AvgIpc) is 2.72. The third kappa shape index (κ3) is 5.98. The topological polar surface area (TPSA) is 49.9 Å². The van der Waals surface area contributed by atoms with Crippen molar-refractivity contribution in [3.05, 3.63) is 59.7 Å². The summed E-state index contributed by atoms with van der Waals surface area (Å²) in [5.41, 5.74) is 2.45. The van der Waals surface area contributed by atoms with Gasteiger partial charge in [-0.15, -0.1) is 13.2 Å². The summed E-state index contributed by atoms with van der Waals surface area (Å²) in [6.07, 6.45) is -3.70. The Bertz CT molecular complexity index is 872. The second kappa shape index (κ2) is 9.19. The maximum atomic E-state index is 12.5. The highest BCUT2D eigenvalue weighted by atomic mass is 19.4. The second-order valence-electron chi connectivity index (χ2n) is 7.16. The molecule has 1 amide bonds. The fourth-order valence-corrected chi connectivity index (χ4v) is 3.39. The van der Waals surface area contributed by atoms with Gasteiger partial charge in [-0.25, -0.2) is 0 Å². The lowest BCUT2D eigenvalue weighted by molar-refractivity contribution is -0.274. The third-order valence-electron chi connectivity index (χ3n) is 5.06. The van der Waals surface area contributed by atoms with Crippen molar-refractivity contribution in [1.82, 2.24) is 4.90 Å². The molecule has 1 fully saturated rings. The largest absolute Gasteiger partial charge is 0.573 e. The van der Waals surface area contributed by atoms with Crippen LogP contribution in [0.3, 0.4) is 0 Å². The lowest BCUT2D eigenvalue weighted by Gasteiger charge is -2.36. The SMILES string of the molecule is CC(=O)c1ccc(CCC(=O)N2CCN(c3ccc(OC(F)(F)F)cc3)CC2)cc1. The van der Waals surface area contributed by atoms with Crippen LogP contribution in [-0.4, -0.2) is 49.1 Å². The Morgan fingerprint density at radius 3 is 2.07 bits per heavy atom. The summed E-state index contributed by atoms with van der Waals surface area (Å²) in [6, 6.07) is 13.0. The molecular formula is C22H23F3N2O3. The predicted molar refractivity (Wildman–Crippen MR) is 107 cm³/mol. The summed E-state index contributed by atoms with van der Waals surface area (Å²) in [5, 5.41) is 0. The van der Waals surface area contributed by atoms with Gasteiger partial charge in [-0.3, -0.25) is 9.59 Å². The van der Waals surface area contributed by atoms with Crippen molar-refractivity contribution in [2.24, 2.45) is 0 Å². The number of carbonyl (C=O) groups is 2. The molecule has 0 atom stereocenters. The summed E-state index contributed by atoms with van der Waals surface area (Å²) in [7, 11) is 0. The number of Topliss-reactive ketones (excluding diaryl/α,β-unsaturated/α-hetero) is 1. The Morgan fingerprint density at radius 2 is 1.53 bits per heavy atom. The number of alkyl halides is 3. The molecule has 1 aliphatic rings. The summed E-state index contributed by atoms with van der Waals surface area (Å²) >= 11 is 0. The van der Waals surface area contributed by atoms with Crippen LogP contribution in [0.1, 0.15) is 29.3 Å². The van der Waals surface area contributed by atoms with Crippen LogP contribution in [0.2, 0.25) is 0 Å². The normalized spacial score (nSPS) is 14.5. The minimum atomic E-state index is -4.71. The van der Waals surface area contributed by atoms with E-state index in [2.05, 4.69) is 4.74 Å². The first-order valence-corrected chi connectivity index (χ1v) is 9.70. The van der Waals surface area contributed by atoms with Crippen LogP contribution < -0.4 is 9.64 Å². The number of carbonyl (C=O) groups excluding carboxylic acids is 2. The molecular weight excluding hydrogens is 397 g/mol. The monoisotopic (exact) mass is 420 g/mol. The molecule has 0 aliphatic carbocycles. The van der Waals surface area contributed by atoms with Crippen molar-refractivity contribution >= 4 is 17.4 Å². The second-order valence-corrected chi connectivity index (χ2v) is 7.16. The minimum Gasteiger partial charge on any atom is -0.406 e. The van der Waals surface area contributed by atoms with Crippen LogP contribution in [0.4, 0.5) is 18.9 Å². The van der Waals surface area contributed by atoms with Gasteiger partial charge < -0.3 is 14.5 Å². The Hall–Kier alpha value is -3.03. The molecule has 0 aromatic heterocycles. The van der Waals surface area contributed by atoms with E-state index in [-0.39, 0.29) is 17.4 Å². The minimum absolute atomic E-state index is 0.0121. The standard InChI is InChI=1S/C22H23F3N2O3/c1-16(28)18-5-2-17(3-6-18)4-11-21(29)27-14-12-26(13-15-27)19-7-9-20(10-8-19)30-22(23,24)25/h2-3,5-10H,4,11-15H2,1H3. The van der Waals surface area contributed by atoms with E-state index in [1.165, 1.54) is 19.1 Å². The lowest BCUT2D eigenvalue weighted by Crippen LogP contribution is -2.48. The summed E-state index contributed by atoms with van der Waals surface area (Å²) < 4.78 is 40.6. The number of nitrogens with zero attached hydrogens (tertiary/aromatic N) is 2. The van der Waals surface area contributed by atoms with Crippen LogP contribution >= 0.6 is 0 Å². The highest BCUT2D eigenvalue weighted by molar-refractivity contribution is 5.94. The summed E-state index contributed by atoms with van der Waals surface area (Å²) in [4.78, 5) is 27.6. The highest BCUT2D eigenvalue weighted by Gasteiger charge is 2.31. The molecule has 3 rings (SSSR count). The summed E-state index contributed by atoms with van der Waals surface area (Å²) in [5.74, 6) is -0.173. The van der Waals surface area contributed by atoms with E-state index < -0.39 is 6.36 Å². The van der Waals surface area contributed by atoms with Crippen LogP contribution in [0.5, 0.6) is 5.75 Å². The van der Waals surface area contributed by atoms with Crippen LogP contribution in [-0.2, 0) is 11.2 Å². The van der Waals surface area contributed by atoms with E-state index in [4.69, 9.17) is 0 Å². The first-order valence-electron chi connectivity index (χ1n) is 9.70. The van der Waals surface area contributed by atoms with Gasteiger partial charge in [0.2, 0.25) is 5.91 Å². The van der Waals surface area contributed by atoms with Gasteiger partial charge in [0.1, 0.15) is 5.75 Å². The zero-order valence-electron chi connectivity index (χ0n) is 16.6. The van der Waals surface area contributed by atoms with Gasteiger partial charge in [0.15, 0.2) is 5.78 Å². The highest BCUT2D eigenvalue weighted by Crippen LogP contribution is 2.26. The van der Waals surface area contributed by atoms with Crippen molar-refractivity contribution in [1.29, 1.82) is 0 Å².